The van der Waals surface area contributed by atoms with Crippen LogP contribution in [0.4, 0.5) is 0 Å². The molecule has 1 nitrogen and oxygen atoms in total. The van der Waals surface area contributed by atoms with E-state index < -0.39 is 5.60 Å². The Labute approximate surface area is 85.1 Å². The highest BCUT2D eigenvalue weighted by atomic mass is 16.3. The molecule has 0 aliphatic heterocycles. The average Bonchev–Trinajstić information content (AvgIpc) is 2.67. The third-order valence-electron chi connectivity index (χ3n) is 3.11. The van der Waals surface area contributed by atoms with E-state index in [4.69, 9.17) is 0 Å². The Bertz CT molecular complexity index is 318. The minimum absolute atomic E-state index is 0.556. The van der Waals surface area contributed by atoms with Crippen LogP contribution in [0.2, 0.25) is 0 Å². The number of hydrogen-bond acceptors (Lipinski definition) is 1. The molecule has 1 aliphatic rings. The largest absolute Gasteiger partial charge is 0.385 e. The van der Waals surface area contributed by atoms with Gasteiger partial charge in [-0.25, -0.2) is 0 Å². The van der Waals surface area contributed by atoms with Crippen molar-refractivity contribution in [2.45, 2.75) is 31.3 Å². The number of rotatable bonds is 2. The Hall–Kier alpha value is -1.08. The predicted octanol–water partition coefficient (Wildman–Crippen LogP) is 3.09. The average molecular weight is 188 g/mol. The predicted molar refractivity (Wildman–Crippen MR) is 58.9 cm³/mol. The van der Waals surface area contributed by atoms with Crippen molar-refractivity contribution in [3.63, 3.8) is 0 Å². The van der Waals surface area contributed by atoms with Gasteiger partial charge < -0.3 is 5.11 Å². The molecule has 1 fully saturated rings. The van der Waals surface area contributed by atoms with Gasteiger partial charge in [0.1, 0.15) is 0 Å². The van der Waals surface area contributed by atoms with Gasteiger partial charge in [0.2, 0.25) is 0 Å². The van der Waals surface area contributed by atoms with Gasteiger partial charge in [-0.05, 0) is 24.0 Å². The molecule has 0 bridgehead atoms. The van der Waals surface area contributed by atoms with Crippen molar-refractivity contribution in [1.29, 1.82) is 0 Å². The molecular weight excluding hydrogens is 172 g/mol. The molecule has 0 heterocycles. The van der Waals surface area contributed by atoms with Crippen LogP contribution < -0.4 is 0 Å². The molecule has 2 rings (SSSR count). The maximum absolute atomic E-state index is 10.3. The lowest BCUT2D eigenvalue weighted by Gasteiger charge is -2.22. The zero-order valence-electron chi connectivity index (χ0n) is 8.37. The summed E-state index contributed by atoms with van der Waals surface area (Å²) in [5.41, 5.74) is 1.61. The summed E-state index contributed by atoms with van der Waals surface area (Å²) in [5.74, 6) is 0. The molecule has 0 saturated heterocycles. The van der Waals surface area contributed by atoms with Gasteiger partial charge in [-0.3, -0.25) is 0 Å². The lowest BCUT2D eigenvalue weighted by Crippen LogP contribution is -2.20. The molecule has 14 heavy (non-hydrogen) atoms. The zero-order valence-corrected chi connectivity index (χ0v) is 8.37. The van der Waals surface area contributed by atoms with E-state index in [0.29, 0.717) is 0 Å². The Morgan fingerprint density at radius 1 is 1.14 bits per heavy atom. The Morgan fingerprint density at radius 3 is 2.21 bits per heavy atom. The van der Waals surface area contributed by atoms with Crippen molar-refractivity contribution in [2.75, 3.05) is 0 Å². The summed E-state index contributed by atoms with van der Waals surface area (Å²) in [4.78, 5) is 0. The molecule has 1 heteroatoms. The maximum atomic E-state index is 10.3. The van der Waals surface area contributed by atoms with Gasteiger partial charge in [0, 0.05) is 0 Å². The third-order valence-corrected chi connectivity index (χ3v) is 3.11. The third kappa shape index (κ3) is 1.60. The van der Waals surface area contributed by atoms with Gasteiger partial charge in [0.15, 0.2) is 0 Å². The zero-order chi connectivity index (χ0) is 10.0. The smallest absolute Gasteiger partial charge is 0.0896 e. The van der Waals surface area contributed by atoms with Crippen LogP contribution in [0.25, 0.3) is 6.08 Å². The summed E-state index contributed by atoms with van der Waals surface area (Å²) in [6.45, 7) is 3.71. The molecule has 0 radical (unpaired) electrons. The van der Waals surface area contributed by atoms with Crippen molar-refractivity contribution in [1.82, 2.24) is 0 Å². The summed E-state index contributed by atoms with van der Waals surface area (Å²) in [5, 5.41) is 10.3. The first kappa shape index (κ1) is 9.47. The van der Waals surface area contributed by atoms with Crippen LogP contribution in [-0.2, 0) is 5.60 Å². The molecule has 1 aromatic rings. The van der Waals surface area contributed by atoms with Crippen LogP contribution in [0.5, 0.6) is 0 Å². The van der Waals surface area contributed by atoms with Crippen LogP contribution in [0.15, 0.2) is 30.8 Å². The Morgan fingerprint density at radius 2 is 1.71 bits per heavy atom. The topological polar surface area (TPSA) is 20.2 Å². The van der Waals surface area contributed by atoms with Crippen molar-refractivity contribution in [2.24, 2.45) is 0 Å². The fourth-order valence-electron chi connectivity index (χ4n) is 2.18. The first-order valence-electron chi connectivity index (χ1n) is 5.20. The molecule has 0 atom stereocenters. The molecular formula is C13H16O. The van der Waals surface area contributed by atoms with E-state index in [1.165, 1.54) is 0 Å². The lowest BCUT2D eigenvalue weighted by molar-refractivity contribution is 0.0445. The van der Waals surface area contributed by atoms with E-state index >= 15 is 0 Å². The van der Waals surface area contributed by atoms with Gasteiger partial charge >= 0.3 is 0 Å². The highest BCUT2D eigenvalue weighted by Crippen LogP contribution is 2.38. The molecule has 0 aromatic heterocycles. The lowest BCUT2D eigenvalue weighted by atomic mass is 9.92. The van der Waals surface area contributed by atoms with Crippen molar-refractivity contribution in [3.8, 4) is 0 Å². The standard InChI is InChI=1S/C13H16O/c1-2-11-5-7-12(8-6-11)13(14)9-3-4-10-13/h2,5-8,14H,1,3-4,9-10H2. The monoisotopic (exact) mass is 188 g/mol. The highest BCUT2D eigenvalue weighted by molar-refractivity contribution is 5.47. The summed E-state index contributed by atoms with van der Waals surface area (Å²) in [6, 6.07) is 8.06. The Kier molecular flexibility index (Phi) is 2.42. The maximum Gasteiger partial charge on any atom is 0.0896 e. The number of hydrogen-bond donors (Lipinski definition) is 1. The van der Waals surface area contributed by atoms with Crippen molar-refractivity contribution >= 4 is 6.08 Å². The highest BCUT2D eigenvalue weighted by Gasteiger charge is 2.32. The molecule has 0 amide bonds. The van der Waals surface area contributed by atoms with Gasteiger partial charge in [-0.15, -0.1) is 0 Å². The number of benzene rings is 1. The summed E-state index contributed by atoms with van der Waals surface area (Å²) in [6.07, 6.45) is 5.91. The molecule has 1 saturated carbocycles. The molecule has 74 valence electrons. The summed E-state index contributed by atoms with van der Waals surface area (Å²) in [7, 11) is 0. The van der Waals surface area contributed by atoms with Crippen LogP contribution in [0.3, 0.4) is 0 Å². The second-order valence-corrected chi connectivity index (χ2v) is 4.06. The molecule has 1 aliphatic carbocycles. The van der Waals surface area contributed by atoms with E-state index in [1.807, 2.05) is 30.3 Å². The second-order valence-electron chi connectivity index (χ2n) is 4.06. The fourth-order valence-corrected chi connectivity index (χ4v) is 2.18. The first-order valence-corrected chi connectivity index (χ1v) is 5.20. The van der Waals surface area contributed by atoms with E-state index in [1.54, 1.807) is 0 Å². The van der Waals surface area contributed by atoms with Crippen molar-refractivity contribution < 1.29 is 5.11 Å². The van der Waals surface area contributed by atoms with Crippen LogP contribution in [-0.4, -0.2) is 5.11 Å². The van der Waals surface area contributed by atoms with Crippen LogP contribution in [0, 0.1) is 0 Å². The minimum Gasteiger partial charge on any atom is -0.385 e. The van der Waals surface area contributed by atoms with Crippen LogP contribution >= 0.6 is 0 Å². The SMILES string of the molecule is C=Cc1ccc(C2(O)CCCC2)cc1. The Balaban J connectivity index is 2.27. The van der Waals surface area contributed by atoms with Gasteiger partial charge in [-0.1, -0.05) is 49.8 Å². The van der Waals surface area contributed by atoms with E-state index in [-0.39, 0.29) is 0 Å². The van der Waals surface area contributed by atoms with Gasteiger partial charge in [-0.2, -0.15) is 0 Å². The fraction of sp³-hybridized carbons (Fsp3) is 0.385. The van der Waals surface area contributed by atoms with E-state index in [2.05, 4.69) is 6.58 Å². The molecule has 1 N–H and O–H groups in total. The van der Waals surface area contributed by atoms with Gasteiger partial charge in [0.05, 0.1) is 5.60 Å². The van der Waals surface area contributed by atoms with Crippen LogP contribution in [0.1, 0.15) is 36.8 Å². The van der Waals surface area contributed by atoms with E-state index in [9.17, 15) is 5.11 Å². The molecule has 0 spiro atoms. The number of aliphatic hydroxyl groups is 1. The summed E-state index contributed by atoms with van der Waals surface area (Å²) >= 11 is 0. The quantitative estimate of drug-likeness (QED) is 0.756. The normalized spacial score (nSPS) is 19.5. The van der Waals surface area contributed by atoms with E-state index in [0.717, 1.165) is 36.8 Å². The van der Waals surface area contributed by atoms with Crippen molar-refractivity contribution in [3.05, 3.63) is 42.0 Å². The first-order chi connectivity index (χ1) is 6.74. The summed E-state index contributed by atoms with van der Waals surface area (Å²) < 4.78 is 0. The minimum atomic E-state index is -0.556. The van der Waals surface area contributed by atoms with Gasteiger partial charge in [0.25, 0.3) is 0 Å². The molecule has 0 unspecified atom stereocenters. The molecule has 1 aromatic carbocycles. The second kappa shape index (κ2) is 3.58.